The van der Waals surface area contributed by atoms with Crippen LogP contribution in [0.5, 0.6) is 0 Å². The molecular formula is C51H86O6. The summed E-state index contributed by atoms with van der Waals surface area (Å²) in [6.07, 6.45) is 55.9. The smallest absolute Gasteiger partial charge is 0.306 e. The number of carbonyl (C=O) groups excluding carboxylic acids is 3. The Balaban J connectivity index is 4.44. The minimum absolute atomic E-state index is 0.0879. The zero-order valence-electron chi connectivity index (χ0n) is 37.1. The van der Waals surface area contributed by atoms with Crippen LogP contribution in [0.2, 0.25) is 0 Å². The summed E-state index contributed by atoms with van der Waals surface area (Å²) in [4.78, 5) is 37.7. The summed E-state index contributed by atoms with van der Waals surface area (Å²) in [7, 11) is 0. The fraction of sp³-hybridized carbons (Fsp3) is 0.706. The van der Waals surface area contributed by atoms with Crippen molar-refractivity contribution in [2.24, 2.45) is 0 Å². The van der Waals surface area contributed by atoms with Gasteiger partial charge in [-0.3, -0.25) is 14.4 Å². The molecule has 0 aliphatic carbocycles. The summed E-state index contributed by atoms with van der Waals surface area (Å²) in [5.41, 5.74) is 0. The third-order valence-corrected chi connectivity index (χ3v) is 9.89. The first-order valence-electron chi connectivity index (χ1n) is 23.5. The summed E-state index contributed by atoms with van der Waals surface area (Å²) in [5, 5.41) is 0. The third kappa shape index (κ3) is 43.8. The van der Waals surface area contributed by atoms with Gasteiger partial charge in [0.05, 0.1) is 0 Å². The molecule has 0 spiro atoms. The standard InChI is InChI=1S/C51H86O6/c1-4-7-10-13-16-19-21-23-24-25-26-28-29-32-35-38-41-44-50(53)56-47-48(46-55-49(52)43-40-37-34-31-18-15-12-9-6-3)57-51(54)45-42-39-36-33-30-27-22-20-17-14-11-8-5-2/h7,10,13,16,19,21,23-26,28-29,48H,4-6,8-9,11-12,14-15,17-18,20,22,27,30-47H2,1-3H3/b10-7-,16-13-,21-19-,24-23-,26-25+,29-28-. The molecule has 0 fully saturated rings. The number of hydrogen-bond donors (Lipinski definition) is 0. The highest BCUT2D eigenvalue weighted by Crippen LogP contribution is 2.15. The molecule has 0 aromatic rings. The van der Waals surface area contributed by atoms with E-state index in [1.807, 2.05) is 60.8 Å². The van der Waals surface area contributed by atoms with Gasteiger partial charge in [0.15, 0.2) is 6.10 Å². The van der Waals surface area contributed by atoms with Gasteiger partial charge in [0, 0.05) is 19.3 Å². The number of carbonyl (C=O) groups is 3. The molecule has 0 aromatic carbocycles. The van der Waals surface area contributed by atoms with Crippen LogP contribution in [0.4, 0.5) is 0 Å². The number of rotatable bonds is 41. The second-order valence-corrected chi connectivity index (χ2v) is 15.5. The van der Waals surface area contributed by atoms with E-state index in [0.717, 1.165) is 70.6 Å². The Labute approximate surface area is 351 Å². The number of allylic oxidation sites excluding steroid dienone is 12. The maximum atomic E-state index is 12.7. The molecule has 0 heterocycles. The van der Waals surface area contributed by atoms with Crippen molar-refractivity contribution in [1.82, 2.24) is 0 Å². The van der Waals surface area contributed by atoms with E-state index in [2.05, 4.69) is 32.9 Å². The first kappa shape index (κ1) is 53.9. The molecule has 57 heavy (non-hydrogen) atoms. The van der Waals surface area contributed by atoms with Crippen LogP contribution < -0.4 is 0 Å². The van der Waals surface area contributed by atoms with E-state index < -0.39 is 6.10 Å². The van der Waals surface area contributed by atoms with E-state index in [0.29, 0.717) is 19.3 Å². The largest absolute Gasteiger partial charge is 0.462 e. The SMILES string of the molecule is CC\C=C/C=C\C=C/C=C\C=C\C=C/CCCCCC(=O)OCC(COC(=O)CCCCCCCCCCC)OC(=O)CCCCCCCCCCCCCCC. The van der Waals surface area contributed by atoms with Crippen molar-refractivity contribution in [3.05, 3.63) is 72.9 Å². The van der Waals surface area contributed by atoms with E-state index in [4.69, 9.17) is 14.2 Å². The van der Waals surface area contributed by atoms with Gasteiger partial charge in [0.2, 0.25) is 0 Å². The van der Waals surface area contributed by atoms with Gasteiger partial charge in [-0.15, -0.1) is 0 Å². The maximum Gasteiger partial charge on any atom is 0.306 e. The minimum Gasteiger partial charge on any atom is -0.462 e. The molecule has 326 valence electrons. The summed E-state index contributed by atoms with van der Waals surface area (Å²) < 4.78 is 16.7. The Morgan fingerprint density at radius 1 is 0.368 bits per heavy atom. The molecule has 0 radical (unpaired) electrons. The Morgan fingerprint density at radius 3 is 1.07 bits per heavy atom. The molecule has 1 atom stereocenters. The lowest BCUT2D eigenvalue weighted by Gasteiger charge is -2.18. The molecule has 1 unspecified atom stereocenters. The Morgan fingerprint density at radius 2 is 0.684 bits per heavy atom. The van der Waals surface area contributed by atoms with Crippen LogP contribution in [0.25, 0.3) is 0 Å². The maximum absolute atomic E-state index is 12.7. The molecule has 0 amide bonds. The monoisotopic (exact) mass is 795 g/mol. The van der Waals surface area contributed by atoms with E-state index in [1.165, 1.54) is 103 Å². The average Bonchev–Trinajstić information content (AvgIpc) is 3.21. The molecule has 6 nitrogen and oxygen atoms in total. The van der Waals surface area contributed by atoms with Crippen molar-refractivity contribution in [1.29, 1.82) is 0 Å². The van der Waals surface area contributed by atoms with Crippen LogP contribution in [0.15, 0.2) is 72.9 Å². The van der Waals surface area contributed by atoms with E-state index >= 15 is 0 Å². The fourth-order valence-electron chi connectivity index (χ4n) is 6.36. The molecule has 0 bridgehead atoms. The van der Waals surface area contributed by atoms with Crippen LogP contribution in [-0.2, 0) is 28.6 Å². The highest BCUT2D eigenvalue weighted by Gasteiger charge is 2.19. The zero-order valence-corrected chi connectivity index (χ0v) is 37.1. The molecule has 0 rings (SSSR count). The second-order valence-electron chi connectivity index (χ2n) is 15.5. The predicted octanol–water partition coefficient (Wildman–Crippen LogP) is 15.1. The minimum atomic E-state index is -0.788. The molecular weight excluding hydrogens is 709 g/mol. The van der Waals surface area contributed by atoms with Gasteiger partial charge in [-0.2, -0.15) is 0 Å². The summed E-state index contributed by atoms with van der Waals surface area (Å²) in [6, 6.07) is 0. The van der Waals surface area contributed by atoms with Crippen molar-refractivity contribution in [2.75, 3.05) is 13.2 Å². The Kier molecular flexibility index (Phi) is 43.0. The molecule has 0 saturated carbocycles. The van der Waals surface area contributed by atoms with Crippen LogP contribution in [0.1, 0.15) is 213 Å². The number of unbranched alkanes of at least 4 members (excludes halogenated alkanes) is 23. The number of ether oxygens (including phenoxy) is 3. The van der Waals surface area contributed by atoms with Crippen molar-refractivity contribution in [3.8, 4) is 0 Å². The molecule has 0 N–H and O–H groups in total. The van der Waals surface area contributed by atoms with Crippen LogP contribution in [0.3, 0.4) is 0 Å². The lowest BCUT2D eigenvalue weighted by Crippen LogP contribution is -2.30. The van der Waals surface area contributed by atoms with Gasteiger partial charge in [0.1, 0.15) is 13.2 Å². The van der Waals surface area contributed by atoms with Crippen LogP contribution in [0, 0.1) is 0 Å². The summed E-state index contributed by atoms with van der Waals surface area (Å²) in [5.74, 6) is -0.937. The summed E-state index contributed by atoms with van der Waals surface area (Å²) >= 11 is 0. The van der Waals surface area contributed by atoms with E-state index in [9.17, 15) is 14.4 Å². The molecule has 0 aliphatic rings. The normalized spacial score (nSPS) is 12.7. The van der Waals surface area contributed by atoms with Crippen molar-refractivity contribution >= 4 is 17.9 Å². The second kappa shape index (κ2) is 45.6. The Hall–Kier alpha value is -3.15. The lowest BCUT2D eigenvalue weighted by atomic mass is 10.0. The average molecular weight is 795 g/mol. The van der Waals surface area contributed by atoms with Gasteiger partial charge in [0.25, 0.3) is 0 Å². The first-order valence-corrected chi connectivity index (χ1v) is 23.5. The topological polar surface area (TPSA) is 78.9 Å². The molecule has 0 saturated heterocycles. The van der Waals surface area contributed by atoms with Crippen LogP contribution >= 0.6 is 0 Å². The molecule has 6 heteroatoms. The zero-order chi connectivity index (χ0) is 41.5. The van der Waals surface area contributed by atoms with Crippen molar-refractivity contribution in [2.45, 2.75) is 219 Å². The van der Waals surface area contributed by atoms with E-state index in [-0.39, 0.29) is 31.1 Å². The summed E-state index contributed by atoms with van der Waals surface area (Å²) in [6.45, 7) is 6.42. The highest BCUT2D eigenvalue weighted by molar-refractivity contribution is 5.71. The van der Waals surface area contributed by atoms with Gasteiger partial charge >= 0.3 is 17.9 Å². The van der Waals surface area contributed by atoms with Crippen molar-refractivity contribution in [3.63, 3.8) is 0 Å². The van der Waals surface area contributed by atoms with Crippen molar-refractivity contribution < 1.29 is 28.6 Å². The Bertz CT molecular complexity index is 1100. The first-order chi connectivity index (χ1) is 28.0. The fourth-order valence-corrected chi connectivity index (χ4v) is 6.36. The predicted molar refractivity (Wildman–Crippen MR) is 242 cm³/mol. The van der Waals surface area contributed by atoms with Gasteiger partial charge < -0.3 is 14.2 Å². The molecule has 0 aromatic heterocycles. The lowest BCUT2D eigenvalue weighted by molar-refractivity contribution is -0.167. The number of hydrogen-bond acceptors (Lipinski definition) is 6. The van der Waals surface area contributed by atoms with Gasteiger partial charge in [-0.05, 0) is 38.5 Å². The third-order valence-electron chi connectivity index (χ3n) is 9.89. The quantitative estimate of drug-likeness (QED) is 0.0265. The highest BCUT2D eigenvalue weighted by atomic mass is 16.6. The molecule has 0 aliphatic heterocycles. The van der Waals surface area contributed by atoms with Gasteiger partial charge in [-0.1, -0.05) is 229 Å². The number of esters is 3. The van der Waals surface area contributed by atoms with E-state index in [1.54, 1.807) is 0 Å². The van der Waals surface area contributed by atoms with Crippen LogP contribution in [-0.4, -0.2) is 37.2 Å². The van der Waals surface area contributed by atoms with Gasteiger partial charge in [-0.25, -0.2) is 0 Å².